The van der Waals surface area contributed by atoms with Crippen molar-refractivity contribution in [3.63, 3.8) is 0 Å². The summed E-state index contributed by atoms with van der Waals surface area (Å²) < 4.78 is -1.48. The number of nitriles is 1. The number of nitrogens with zero attached hydrogens (tertiary/aromatic N) is 1. The Morgan fingerprint density at radius 3 is 2.00 bits per heavy atom. The van der Waals surface area contributed by atoms with Crippen LogP contribution in [0.3, 0.4) is 0 Å². The number of halogens is 3. The van der Waals surface area contributed by atoms with Gasteiger partial charge in [0.15, 0.2) is 0 Å². The van der Waals surface area contributed by atoms with Crippen LogP contribution in [-0.2, 0) is 0 Å². The molecule has 0 radical (unpaired) electrons. The fourth-order valence-corrected chi connectivity index (χ4v) is 0.155. The SMILES string of the molecule is N#CC(Cl)(Cl)SCl. The fourth-order valence-electron chi connectivity index (χ4n) is 0.0173. The minimum atomic E-state index is -1.48. The molecule has 0 aromatic rings. The fraction of sp³-hybridized carbons (Fsp3) is 0.500. The van der Waals surface area contributed by atoms with E-state index in [4.69, 9.17) is 39.1 Å². The molecular weight excluding hydrogens is 176 g/mol. The van der Waals surface area contributed by atoms with Crippen molar-refractivity contribution in [1.82, 2.24) is 0 Å². The minimum Gasteiger partial charge on any atom is -0.194 e. The van der Waals surface area contributed by atoms with Crippen molar-refractivity contribution in [2.24, 2.45) is 0 Å². The Labute approximate surface area is 60.0 Å². The molecule has 0 N–H and O–H groups in total. The molecule has 0 atom stereocenters. The molecular formula is C2Cl3NS. The lowest BCUT2D eigenvalue weighted by Gasteiger charge is -1.98. The Morgan fingerprint density at radius 2 is 2.00 bits per heavy atom. The van der Waals surface area contributed by atoms with Crippen LogP contribution < -0.4 is 0 Å². The third kappa shape index (κ3) is 3.31. The van der Waals surface area contributed by atoms with E-state index in [2.05, 4.69) is 0 Å². The molecule has 0 aliphatic heterocycles. The summed E-state index contributed by atoms with van der Waals surface area (Å²) in [6, 6.07) is 1.55. The van der Waals surface area contributed by atoms with Crippen molar-refractivity contribution in [1.29, 1.82) is 5.26 Å². The Morgan fingerprint density at radius 1 is 1.57 bits per heavy atom. The van der Waals surface area contributed by atoms with Gasteiger partial charge in [0.1, 0.15) is 6.07 Å². The molecule has 5 heteroatoms. The largest absolute Gasteiger partial charge is 0.263 e. The Hall–Kier alpha value is 0.710. The molecule has 40 valence electrons. The van der Waals surface area contributed by atoms with Gasteiger partial charge in [-0.3, -0.25) is 0 Å². The van der Waals surface area contributed by atoms with Crippen molar-refractivity contribution in [2.75, 3.05) is 0 Å². The summed E-state index contributed by atoms with van der Waals surface area (Å²) in [5.41, 5.74) is 0. The summed E-state index contributed by atoms with van der Waals surface area (Å²) in [4.78, 5) is 0. The van der Waals surface area contributed by atoms with Crippen LogP contribution in [0.15, 0.2) is 0 Å². The van der Waals surface area contributed by atoms with Gasteiger partial charge in [0.2, 0.25) is 0 Å². The zero-order chi connectivity index (χ0) is 5.91. The van der Waals surface area contributed by atoms with Crippen LogP contribution in [0.5, 0.6) is 0 Å². The topological polar surface area (TPSA) is 23.8 Å². The average Bonchev–Trinajstić information content (AvgIpc) is 1.68. The Kier molecular flexibility index (Phi) is 3.18. The van der Waals surface area contributed by atoms with Gasteiger partial charge in [-0.2, -0.15) is 5.26 Å². The number of alkyl halides is 2. The molecule has 0 rings (SSSR count). The van der Waals surface area contributed by atoms with Crippen LogP contribution in [0.1, 0.15) is 0 Å². The van der Waals surface area contributed by atoms with E-state index in [1.165, 1.54) is 0 Å². The molecule has 0 aliphatic rings. The van der Waals surface area contributed by atoms with E-state index in [0.29, 0.717) is 11.0 Å². The third-order valence-electron chi connectivity index (χ3n) is 0.227. The van der Waals surface area contributed by atoms with Gasteiger partial charge in [0, 0.05) is 0 Å². The quantitative estimate of drug-likeness (QED) is 0.573. The lowest BCUT2D eigenvalue weighted by Crippen LogP contribution is -1.96. The highest BCUT2D eigenvalue weighted by atomic mass is 35.7. The summed E-state index contributed by atoms with van der Waals surface area (Å²) in [6.07, 6.45) is 0. The van der Waals surface area contributed by atoms with Gasteiger partial charge in [0.05, 0.1) is 0 Å². The summed E-state index contributed by atoms with van der Waals surface area (Å²) >= 11 is 10.3. The van der Waals surface area contributed by atoms with Gasteiger partial charge in [0.25, 0.3) is 3.67 Å². The first kappa shape index (κ1) is 7.71. The lowest BCUT2D eigenvalue weighted by atomic mass is 10.9. The molecule has 0 saturated heterocycles. The van der Waals surface area contributed by atoms with Crippen molar-refractivity contribution < 1.29 is 0 Å². The Bertz CT molecular complexity index is 95.6. The van der Waals surface area contributed by atoms with Gasteiger partial charge in [-0.15, -0.1) is 0 Å². The molecule has 0 bridgehead atoms. The van der Waals surface area contributed by atoms with E-state index in [-0.39, 0.29) is 0 Å². The first-order chi connectivity index (χ1) is 3.12. The second-order valence-electron chi connectivity index (χ2n) is 0.706. The minimum absolute atomic E-state index is 0.569. The highest BCUT2D eigenvalue weighted by molar-refractivity contribution is 8.24. The number of rotatable bonds is 1. The summed E-state index contributed by atoms with van der Waals surface area (Å²) in [5, 5.41) is 7.97. The summed E-state index contributed by atoms with van der Waals surface area (Å²) in [6.45, 7) is 0. The van der Waals surface area contributed by atoms with Crippen molar-refractivity contribution in [3.05, 3.63) is 0 Å². The van der Waals surface area contributed by atoms with E-state index in [1.807, 2.05) is 0 Å². The normalized spacial score (nSPS) is 10.6. The highest BCUT2D eigenvalue weighted by Gasteiger charge is 2.22. The van der Waals surface area contributed by atoms with Crippen molar-refractivity contribution in [2.45, 2.75) is 3.67 Å². The number of hydrogen-bond acceptors (Lipinski definition) is 2. The molecule has 0 amide bonds. The zero-order valence-electron chi connectivity index (χ0n) is 2.99. The predicted molar refractivity (Wildman–Crippen MR) is 33.5 cm³/mol. The molecule has 7 heavy (non-hydrogen) atoms. The molecule has 0 aromatic carbocycles. The van der Waals surface area contributed by atoms with Gasteiger partial charge in [-0.05, 0) is 21.7 Å². The molecule has 0 unspecified atom stereocenters. The van der Waals surface area contributed by atoms with E-state index >= 15 is 0 Å². The molecule has 1 nitrogen and oxygen atoms in total. The first-order valence-electron chi connectivity index (χ1n) is 1.21. The van der Waals surface area contributed by atoms with Crippen molar-refractivity contribution >= 4 is 44.9 Å². The van der Waals surface area contributed by atoms with Gasteiger partial charge < -0.3 is 0 Å². The van der Waals surface area contributed by atoms with Crippen LogP contribution in [0.2, 0.25) is 0 Å². The zero-order valence-corrected chi connectivity index (χ0v) is 6.07. The summed E-state index contributed by atoms with van der Waals surface area (Å²) in [5.74, 6) is 0. The lowest BCUT2D eigenvalue weighted by molar-refractivity contribution is 1.41. The number of hydrogen-bond donors (Lipinski definition) is 0. The first-order valence-corrected chi connectivity index (χ1v) is 3.61. The van der Waals surface area contributed by atoms with E-state index in [9.17, 15) is 0 Å². The maximum Gasteiger partial charge on any atom is 0.263 e. The van der Waals surface area contributed by atoms with Crippen LogP contribution >= 0.6 is 44.9 Å². The monoisotopic (exact) mass is 175 g/mol. The second-order valence-corrected chi connectivity index (χ2v) is 3.71. The van der Waals surface area contributed by atoms with Crippen LogP contribution in [0.4, 0.5) is 0 Å². The third-order valence-corrected chi connectivity index (χ3v) is 2.31. The van der Waals surface area contributed by atoms with Gasteiger partial charge in [-0.1, -0.05) is 23.2 Å². The molecule has 0 aliphatic carbocycles. The molecule has 0 heterocycles. The molecule has 0 spiro atoms. The van der Waals surface area contributed by atoms with E-state index in [0.717, 1.165) is 0 Å². The highest BCUT2D eigenvalue weighted by Crippen LogP contribution is 2.36. The van der Waals surface area contributed by atoms with Crippen LogP contribution in [0.25, 0.3) is 0 Å². The van der Waals surface area contributed by atoms with Gasteiger partial charge in [-0.25, -0.2) is 0 Å². The second kappa shape index (κ2) is 2.88. The smallest absolute Gasteiger partial charge is 0.194 e. The molecule has 0 aromatic heterocycles. The van der Waals surface area contributed by atoms with Crippen LogP contribution in [-0.4, -0.2) is 3.67 Å². The van der Waals surface area contributed by atoms with E-state index in [1.54, 1.807) is 6.07 Å². The van der Waals surface area contributed by atoms with Gasteiger partial charge >= 0.3 is 0 Å². The summed E-state index contributed by atoms with van der Waals surface area (Å²) in [7, 11) is 5.59. The maximum atomic E-state index is 7.97. The van der Waals surface area contributed by atoms with Crippen LogP contribution in [0, 0.1) is 11.3 Å². The average molecular weight is 176 g/mol. The predicted octanol–water partition coefficient (Wildman–Crippen LogP) is 2.53. The Balaban J connectivity index is 3.66. The van der Waals surface area contributed by atoms with Crippen molar-refractivity contribution in [3.8, 4) is 6.07 Å². The maximum absolute atomic E-state index is 7.97. The molecule has 0 fully saturated rings. The molecule has 0 saturated carbocycles. The van der Waals surface area contributed by atoms with E-state index < -0.39 is 3.67 Å². The standard InChI is InChI=1S/C2Cl3NS/c3-2(4,1-6)7-5.